The highest BCUT2D eigenvalue weighted by molar-refractivity contribution is 7.89. The molecule has 7 nitrogen and oxygen atoms in total. The fourth-order valence-electron chi connectivity index (χ4n) is 3.29. The topological polar surface area (TPSA) is 92.8 Å². The van der Waals surface area contributed by atoms with Gasteiger partial charge in [-0.3, -0.25) is 9.59 Å². The molecule has 1 aliphatic heterocycles. The number of hydrogen-bond acceptors (Lipinski definition) is 5. The van der Waals surface area contributed by atoms with Crippen molar-refractivity contribution in [2.24, 2.45) is 5.92 Å². The highest BCUT2D eigenvalue weighted by Gasteiger charge is 2.32. The summed E-state index contributed by atoms with van der Waals surface area (Å²) >= 11 is 0. The van der Waals surface area contributed by atoms with Crippen molar-refractivity contribution < 1.29 is 22.7 Å². The van der Waals surface area contributed by atoms with E-state index in [1.165, 1.54) is 30.5 Å². The second-order valence-electron chi connectivity index (χ2n) is 6.98. The number of nitrogens with zero attached hydrogens (tertiary/aromatic N) is 1. The molecule has 0 aliphatic carbocycles. The third-order valence-electron chi connectivity index (χ3n) is 5.08. The van der Waals surface area contributed by atoms with Gasteiger partial charge in [0.25, 0.3) is 0 Å². The molecule has 29 heavy (non-hydrogen) atoms. The first-order chi connectivity index (χ1) is 13.8. The molecule has 1 amide bonds. The van der Waals surface area contributed by atoms with Crippen molar-refractivity contribution in [3.8, 4) is 5.75 Å². The second kappa shape index (κ2) is 8.75. The van der Waals surface area contributed by atoms with E-state index in [-0.39, 0.29) is 35.6 Å². The number of piperidine rings is 1. The quantitative estimate of drug-likeness (QED) is 0.731. The number of ether oxygens (including phenoxy) is 1. The number of methoxy groups -OCH3 is 1. The number of rotatable bonds is 6. The van der Waals surface area contributed by atoms with Crippen LogP contribution in [0.15, 0.2) is 53.4 Å². The molecule has 154 valence electrons. The predicted molar refractivity (Wildman–Crippen MR) is 110 cm³/mol. The van der Waals surface area contributed by atoms with Gasteiger partial charge in [0.05, 0.1) is 12.0 Å². The molecule has 3 rings (SSSR count). The van der Waals surface area contributed by atoms with Crippen molar-refractivity contribution in [3.05, 3.63) is 54.1 Å². The van der Waals surface area contributed by atoms with Crippen LogP contribution in [-0.4, -0.2) is 44.6 Å². The Labute approximate surface area is 170 Å². The van der Waals surface area contributed by atoms with Crippen LogP contribution >= 0.6 is 0 Å². The molecule has 1 aliphatic rings. The zero-order chi connectivity index (χ0) is 21.0. The van der Waals surface area contributed by atoms with Crippen LogP contribution in [0.5, 0.6) is 5.75 Å². The Kier molecular flexibility index (Phi) is 6.34. The summed E-state index contributed by atoms with van der Waals surface area (Å²) in [4.78, 5) is 24.1. The molecule has 0 aromatic heterocycles. The maximum absolute atomic E-state index is 12.8. The van der Waals surface area contributed by atoms with Crippen molar-refractivity contribution >= 4 is 27.4 Å². The Bertz CT molecular complexity index is 977. The Hall–Kier alpha value is -2.71. The van der Waals surface area contributed by atoms with Crippen LogP contribution < -0.4 is 10.1 Å². The highest BCUT2D eigenvalue weighted by atomic mass is 32.2. The van der Waals surface area contributed by atoms with Gasteiger partial charge in [0.15, 0.2) is 5.78 Å². The third kappa shape index (κ3) is 4.83. The average molecular weight is 416 g/mol. The third-order valence-corrected chi connectivity index (χ3v) is 6.99. The van der Waals surface area contributed by atoms with Crippen LogP contribution in [0.2, 0.25) is 0 Å². The largest absolute Gasteiger partial charge is 0.497 e. The number of nitrogens with one attached hydrogen (secondary N) is 1. The summed E-state index contributed by atoms with van der Waals surface area (Å²) in [6.45, 7) is 2.06. The fraction of sp³-hybridized carbons (Fsp3) is 0.333. The molecule has 0 bridgehead atoms. The predicted octanol–water partition coefficient (Wildman–Crippen LogP) is 2.94. The maximum atomic E-state index is 12.8. The minimum Gasteiger partial charge on any atom is -0.497 e. The van der Waals surface area contributed by atoms with Gasteiger partial charge in [-0.15, -0.1) is 0 Å². The minimum absolute atomic E-state index is 0.0340. The van der Waals surface area contributed by atoms with Crippen molar-refractivity contribution in [2.45, 2.75) is 24.7 Å². The molecule has 1 heterocycles. The number of amides is 1. The van der Waals surface area contributed by atoms with E-state index in [4.69, 9.17) is 4.74 Å². The molecule has 2 aromatic rings. The van der Waals surface area contributed by atoms with Crippen molar-refractivity contribution in [1.82, 2.24) is 4.31 Å². The number of Topliss-reactive ketones (excluding diaryl/α,β-unsaturated/α-hetero) is 1. The average Bonchev–Trinajstić information content (AvgIpc) is 2.74. The number of ketones is 1. The molecule has 2 aromatic carbocycles. The molecular formula is C21H24N2O5S. The smallest absolute Gasteiger partial charge is 0.243 e. The van der Waals surface area contributed by atoms with Gasteiger partial charge < -0.3 is 10.1 Å². The summed E-state index contributed by atoms with van der Waals surface area (Å²) in [7, 11) is -2.07. The van der Waals surface area contributed by atoms with Gasteiger partial charge in [-0.05, 0) is 68.3 Å². The lowest BCUT2D eigenvalue weighted by atomic mass is 9.97. The van der Waals surface area contributed by atoms with Crippen LogP contribution in [-0.2, 0) is 14.8 Å². The standard InChI is InChI=1S/C21H24N2O5S/c1-15(24)16-3-5-18(6-4-16)22-21(25)17-11-13-23(14-12-17)29(26,27)20-9-7-19(28-2)8-10-20/h3-10,17H,11-14H2,1-2H3,(H,22,25). The van der Waals surface area contributed by atoms with Crippen LogP contribution in [0.1, 0.15) is 30.1 Å². The van der Waals surface area contributed by atoms with Gasteiger partial charge in [-0.2, -0.15) is 4.31 Å². The van der Waals surface area contributed by atoms with E-state index in [1.54, 1.807) is 36.4 Å². The Balaban J connectivity index is 1.59. The van der Waals surface area contributed by atoms with E-state index in [9.17, 15) is 18.0 Å². The van der Waals surface area contributed by atoms with Crippen LogP contribution in [0.4, 0.5) is 5.69 Å². The van der Waals surface area contributed by atoms with Gasteiger partial charge in [0, 0.05) is 30.3 Å². The van der Waals surface area contributed by atoms with Crippen LogP contribution in [0.3, 0.4) is 0 Å². The molecule has 8 heteroatoms. The van der Waals surface area contributed by atoms with Gasteiger partial charge in [-0.1, -0.05) is 0 Å². The zero-order valence-electron chi connectivity index (χ0n) is 16.4. The fourth-order valence-corrected chi connectivity index (χ4v) is 4.76. The highest BCUT2D eigenvalue weighted by Crippen LogP contribution is 2.26. The number of benzene rings is 2. The Morgan fingerprint density at radius 1 is 1.00 bits per heavy atom. The lowest BCUT2D eigenvalue weighted by molar-refractivity contribution is -0.120. The lowest BCUT2D eigenvalue weighted by Gasteiger charge is -2.30. The molecule has 0 spiro atoms. The summed E-state index contributed by atoms with van der Waals surface area (Å²) in [6.07, 6.45) is 0.902. The van der Waals surface area contributed by atoms with E-state index in [1.807, 2.05) is 0 Å². The number of carbonyl (C=O) groups is 2. The van der Waals surface area contributed by atoms with Gasteiger partial charge in [-0.25, -0.2) is 8.42 Å². The van der Waals surface area contributed by atoms with Crippen molar-refractivity contribution in [2.75, 3.05) is 25.5 Å². The number of sulfonamides is 1. The van der Waals surface area contributed by atoms with E-state index in [0.717, 1.165) is 0 Å². The Morgan fingerprint density at radius 3 is 2.10 bits per heavy atom. The first kappa shape index (κ1) is 21.0. The van der Waals surface area contributed by atoms with Gasteiger partial charge >= 0.3 is 0 Å². The first-order valence-corrected chi connectivity index (χ1v) is 10.8. The summed E-state index contributed by atoms with van der Waals surface area (Å²) in [5, 5.41) is 2.84. The maximum Gasteiger partial charge on any atom is 0.243 e. The van der Waals surface area contributed by atoms with E-state index < -0.39 is 10.0 Å². The second-order valence-corrected chi connectivity index (χ2v) is 8.91. The monoisotopic (exact) mass is 416 g/mol. The molecule has 0 saturated carbocycles. The molecule has 0 unspecified atom stereocenters. The van der Waals surface area contributed by atoms with Crippen molar-refractivity contribution in [1.29, 1.82) is 0 Å². The van der Waals surface area contributed by atoms with E-state index in [2.05, 4.69) is 5.32 Å². The first-order valence-electron chi connectivity index (χ1n) is 9.37. The molecular weight excluding hydrogens is 392 g/mol. The SMILES string of the molecule is COc1ccc(S(=O)(=O)N2CCC(C(=O)Nc3ccc(C(C)=O)cc3)CC2)cc1. The van der Waals surface area contributed by atoms with Gasteiger partial charge in [0.1, 0.15) is 5.75 Å². The number of anilines is 1. The molecule has 0 atom stereocenters. The van der Waals surface area contributed by atoms with E-state index >= 15 is 0 Å². The van der Waals surface area contributed by atoms with Crippen LogP contribution in [0, 0.1) is 5.92 Å². The lowest BCUT2D eigenvalue weighted by Crippen LogP contribution is -2.41. The van der Waals surface area contributed by atoms with Crippen LogP contribution in [0.25, 0.3) is 0 Å². The Morgan fingerprint density at radius 2 is 1.59 bits per heavy atom. The molecule has 0 radical (unpaired) electrons. The van der Waals surface area contributed by atoms with E-state index in [0.29, 0.717) is 29.8 Å². The minimum atomic E-state index is -3.59. The number of carbonyl (C=O) groups excluding carboxylic acids is 2. The summed E-state index contributed by atoms with van der Waals surface area (Å²) in [5.41, 5.74) is 1.20. The van der Waals surface area contributed by atoms with Gasteiger partial charge in [0.2, 0.25) is 15.9 Å². The molecule has 1 saturated heterocycles. The molecule has 1 fully saturated rings. The van der Waals surface area contributed by atoms with Crippen molar-refractivity contribution in [3.63, 3.8) is 0 Å². The number of hydrogen-bond donors (Lipinski definition) is 1. The normalized spacial score (nSPS) is 15.7. The summed E-state index contributed by atoms with van der Waals surface area (Å²) < 4.78 is 32.1. The molecule has 1 N–H and O–H groups in total. The summed E-state index contributed by atoms with van der Waals surface area (Å²) in [5.74, 6) is 0.163. The summed E-state index contributed by atoms with van der Waals surface area (Å²) in [6, 6.07) is 13.0. The zero-order valence-corrected chi connectivity index (χ0v) is 17.2.